The second-order valence-electron chi connectivity index (χ2n) is 1.26. The molecule has 0 aliphatic rings. The smallest absolute Gasteiger partial charge is 0.132 e. The van der Waals surface area contributed by atoms with Crippen LogP contribution < -0.4 is 0 Å². The largest absolute Gasteiger partial charge is 0.364 e. The molecule has 2 heteroatoms. The van der Waals surface area contributed by atoms with Crippen LogP contribution >= 0.6 is 0 Å². The van der Waals surface area contributed by atoms with Crippen molar-refractivity contribution in [3.8, 4) is 0 Å². The first-order chi connectivity index (χ1) is 3.43. The summed E-state index contributed by atoms with van der Waals surface area (Å²) in [6, 6.07) is 2.81. The summed E-state index contributed by atoms with van der Waals surface area (Å²) < 4.78 is 4.50. The standard InChI is InChI=1S/C5H6NO/c1-2-5-3-4-7-6-5/h4H,2H2,1H3. The molecular formula is C5H6NO. The molecule has 0 saturated heterocycles. The van der Waals surface area contributed by atoms with Gasteiger partial charge >= 0.3 is 0 Å². The Labute approximate surface area is 42.1 Å². The predicted octanol–water partition coefficient (Wildman–Crippen LogP) is 1.04. The zero-order chi connectivity index (χ0) is 5.11. The van der Waals surface area contributed by atoms with Crippen LogP contribution in [0.2, 0.25) is 0 Å². The van der Waals surface area contributed by atoms with E-state index in [-0.39, 0.29) is 0 Å². The summed E-state index contributed by atoms with van der Waals surface area (Å²) in [4.78, 5) is 0. The van der Waals surface area contributed by atoms with Crippen LogP contribution in [0.1, 0.15) is 12.6 Å². The number of hydrogen-bond donors (Lipinski definition) is 0. The normalized spacial score (nSPS) is 9.29. The number of nitrogens with zero attached hydrogens (tertiary/aromatic N) is 1. The van der Waals surface area contributed by atoms with Crippen molar-refractivity contribution < 1.29 is 4.52 Å². The third-order valence-electron chi connectivity index (χ3n) is 0.776. The highest BCUT2D eigenvalue weighted by atomic mass is 16.5. The minimum absolute atomic E-state index is 0.889. The highest BCUT2D eigenvalue weighted by Crippen LogP contribution is 1.90. The van der Waals surface area contributed by atoms with E-state index in [1.807, 2.05) is 6.92 Å². The van der Waals surface area contributed by atoms with Gasteiger partial charge in [-0.1, -0.05) is 12.1 Å². The Bertz CT molecular complexity index is 123. The lowest BCUT2D eigenvalue weighted by Crippen LogP contribution is -1.74. The van der Waals surface area contributed by atoms with Crippen LogP contribution in [-0.2, 0) is 6.42 Å². The van der Waals surface area contributed by atoms with E-state index in [0.29, 0.717) is 0 Å². The molecule has 1 aromatic heterocycles. The Kier molecular flexibility index (Phi) is 1.11. The fourth-order valence-corrected chi connectivity index (χ4v) is 0.377. The van der Waals surface area contributed by atoms with E-state index < -0.39 is 0 Å². The Morgan fingerprint density at radius 3 is 3.14 bits per heavy atom. The van der Waals surface area contributed by atoms with Crippen molar-refractivity contribution in [3.63, 3.8) is 0 Å². The second kappa shape index (κ2) is 1.78. The number of rotatable bonds is 1. The van der Waals surface area contributed by atoms with E-state index >= 15 is 0 Å². The summed E-state index contributed by atoms with van der Waals surface area (Å²) in [5, 5.41) is 3.60. The van der Waals surface area contributed by atoms with Crippen molar-refractivity contribution >= 4 is 0 Å². The lowest BCUT2D eigenvalue weighted by Gasteiger charge is -1.74. The summed E-state index contributed by atoms with van der Waals surface area (Å²) in [6.07, 6.45) is 2.36. The minimum atomic E-state index is 0.889. The summed E-state index contributed by atoms with van der Waals surface area (Å²) >= 11 is 0. The van der Waals surface area contributed by atoms with Crippen molar-refractivity contribution in [2.24, 2.45) is 0 Å². The van der Waals surface area contributed by atoms with Gasteiger partial charge in [0.05, 0.1) is 5.69 Å². The van der Waals surface area contributed by atoms with Crippen LogP contribution in [0.15, 0.2) is 10.8 Å². The topological polar surface area (TPSA) is 26.0 Å². The zero-order valence-corrected chi connectivity index (χ0v) is 4.14. The van der Waals surface area contributed by atoms with E-state index in [2.05, 4.69) is 15.7 Å². The Morgan fingerprint density at radius 1 is 2.00 bits per heavy atom. The monoisotopic (exact) mass is 96.0 g/mol. The van der Waals surface area contributed by atoms with Gasteiger partial charge in [-0.2, -0.15) is 0 Å². The molecular weight excluding hydrogens is 90.1 g/mol. The van der Waals surface area contributed by atoms with Crippen LogP contribution in [0.4, 0.5) is 0 Å². The highest BCUT2D eigenvalue weighted by molar-refractivity contribution is 4.90. The first-order valence-electron chi connectivity index (χ1n) is 2.24. The summed E-state index contributed by atoms with van der Waals surface area (Å²) in [6.45, 7) is 2.01. The van der Waals surface area contributed by atoms with Crippen LogP contribution in [0.25, 0.3) is 0 Å². The van der Waals surface area contributed by atoms with Gasteiger partial charge in [-0.05, 0) is 6.42 Å². The van der Waals surface area contributed by atoms with Gasteiger partial charge < -0.3 is 4.52 Å². The molecule has 0 bridgehead atoms. The summed E-state index contributed by atoms with van der Waals surface area (Å²) in [5.41, 5.74) is 0.889. The van der Waals surface area contributed by atoms with E-state index in [1.165, 1.54) is 6.26 Å². The van der Waals surface area contributed by atoms with E-state index in [9.17, 15) is 0 Å². The van der Waals surface area contributed by atoms with Gasteiger partial charge in [-0.25, -0.2) is 0 Å². The van der Waals surface area contributed by atoms with Crippen molar-refractivity contribution in [2.45, 2.75) is 13.3 Å². The van der Waals surface area contributed by atoms with E-state index in [1.54, 1.807) is 0 Å². The van der Waals surface area contributed by atoms with Gasteiger partial charge in [0.25, 0.3) is 0 Å². The number of aromatic nitrogens is 1. The Morgan fingerprint density at radius 2 is 2.86 bits per heavy atom. The molecule has 1 radical (unpaired) electrons. The SMILES string of the molecule is CCc1[c]con1. The van der Waals surface area contributed by atoms with Gasteiger partial charge in [0, 0.05) is 6.07 Å². The molecule has 0 saturated carbocycles. The zero-order valence-electron chi connectivity index (χ0n) is 4.14. The molecule has 1 aromatic rings. The lowest BCUT2D eigenvalue weighted by atomic mass is 10.4. The molecule has 37 valence electrons. The molecule has 0 aliphatic carbocycles. The van der Waals surface area contributed by atoms with Crippen LogP contribution in [0.3, 0.4) is 0 Å². The lowest BCUT2D eigenvalue weighted by molar-refractivity contribution is 0.412. The maximum Gasteiger partial charge on any atom is 0.132 e. The second-order valence-corrected chi connectivity index (χ2v) is 1.26. The third kappa shape index (κ3) is 0.796. The molecule has 0 atom stereocenters. The summed E-state index contributed by atoms with van der Waals surface area (Å²) in [7, 11) is 0. The van der Waals surface area contributed by atoms with Crippen molar-refractivity contribution in [2.75, 3.05) is 0 Å². The average Bonchev–Trinajstić information content (AvgIpc) is 2.14. The predicted molar refractivity (Wildman–Crippen MR) is 24.7 cm³/mol. The Hall–Kier alpha value is -0.790. The fourth-order valence-electron chi connectivity index (χ4n) is 0.377. The molecule has 0 fully saturated rings. The molecule has 2 nitrogen and oxygen atoms in total. The number of hydrogen-bond acceptors (Lipinski definition) is 2. The van der Waals surface area contributed by atoms with Crippen molar-refractivity contribution in [3.05, 3.63) is 18.0 Å². The molecule has 0 amide bonds. The van der Waals surface area contributed by atoms with Gasteiger partial charge in [0.15, 0.2) is 0 Å². The highest BCUT2D eigenvalue weighted by Gasteiger charge is 1.87. The first-order valence-corrected chi connectivity index (χ1v) is 2.24. The first kappa shape index (κ1) is 4.37. The van der Waals surface area contributed by atoms with Gasteiger partial charge in [-0.15, -0.1) is 0 Å². The molecule has 1 heterocycles. The van der Waals surface area contributed by atoms with Crippen LogP contribution in [-0.4, -0.2) is 5.16 Å². The van der Waals surface area contributed by atoms with Gasteiger partial charge in [0.1, 0.15) is 6.26 Å². The maximum atomic E-state index is 4.50. The van der Waals surface area contributed by atoms with E-state index in [0.717, 1.165) is 12.1 Å². The quantitative estimate of drug-likeness (QED) is 0.522. The van der Waals surface area contributed by atoms with Crippen molar-refractivity contribution in [1.82, 2.24) is 5.16 Å². The van der Waals surface area contributed by atoms with Crippen LogP contribution in [0, 0.1) is 6.07 Å². The van der Waals surface area contributed by atoms with Crippen LogP contribution in [0.5, 0.6) is 0 Å². The molecule has 7 heavy (non-hydrogen) atoms. The summed E-state index contributed by atoms with van der Waals surface area (Å²) in [5.74, 6) is 0. The molecule has 1 rings (SSSR count). The maximum absolute atomic E-state index is 4.50. The number of aryl methyl sites for hydroxylation is 1. The fraction of sp³-hybridized carbons (Fsp3) is 0.400. The molecule has 0 aromatic carbocycles. The van der Waals surface area contributed by atoms with E-state index in [4.69, 9.17) is 0 Å². The third-order valence-corrected chi connectivity index (χ3v) is 0.776. The molecule has 0 unspecified atom stereocenters. The van der Waals surface area contributed by atoms with Crippen molar-refractivity contribution in [1.29, 1.82) is 0 Å². The van der Waals surface area contributed by atoms with Gasteiger partial charge in [0.2, 0.25) is 0 Å². The molecule has 0 aliphatic heterocycles. The minimum Gasteiger partial charge on any atom is -0.364 e. The molecule has 0 N–H and O–H groups in total. The average molecular weight is 96.1 g/mol. The Balaban J connectivity index is 2.76. The van der Waals surface area contributed by atoms with Gasteiger partial charge in [-0.3, -0.25) is 0 Å². The molecule has 0 spiro atoms.